The van der Waals surface area contributed by atoms with Gasteiger partial charge in [-0.05, 0) is 50.4 Å². The van der Waals surface area contributed by atoms with Crippen molar-refractivity contribution in [1.29, 1.82) is 0 Å². The highest BCUT2D eigenvalue weighted by Crippen LogP contribution is 2.48. The van der Waals surface area contributed by atoms with Crippen molar-refractivity contribution in [3.05, 3.63) is 11.6 Å². The Morgan fingerprint density at radius 3 is 2.31 bits per heavy atom. The maximum atomic E-state index is 2.44. The van der Waals surface area contributed by atoms with E-state index in [0.717, 1.165) is 11.8 Å². The summed E-state index contributed by atoms with van der Waals surface area (Å²) in [5, 5.41) is 0. The fraction of sp³-hybridized carbons (Fsp3) is 0.846. The fourth-order valence-corrected chi connectivity index (χ4v) is 2.40. The van der Waals surface area contributed by atoms with Gasteiger partial charge in [-0.25, -0.2) is 0 Å². The molecule has 76 valence electrons. The van der Waals surface area contributed by atoms with E-state index in [9.17, 15) is 0 Å². The Balaban J connectivity index is 2.57. The lowest BCUT2D eigenvalue weighted by Gasteiger charge is -2.30. The van der Waals surface area contributed by atoms with Gasteiger partial charge in [0.05, 0.1) is 0 Å². The van der Waals surface area contributed by atoms with Crippen molar-refractivity contribution in [2.45, 2.75) is 53.9 Å². The van der Waals surface area contributed by atoms with E-state index in [1.165, 1.54) is 24.8 Å². The minimum Gasteiger partial charge on any atom is -0.0856 e. The molecule has 0 heterocycles. The zero-order valence-corrected chi connectivity index (χ0v) is 9.85. The van der Waals surface area contributed by atoms with E-state index in [2.05, 4.69) is 40.7 Å². The fourth-order valence-electron chi connectivity index (χ4n) is 2.40. The standard InChI is InChI=1S/C13H24/c1-10(2)6-8-12-9-7-11(3)13(12,4)5/h6,11-12H,7-9H2,1-5H3. The Bertz CT molecular complexity index is 194. The van der Waals surface area contributed by atoms with E-state index < -0.39 is 0 Å². The number of allylic oxidation sites excluding steroid dienone is 2. The first kappa shape index (κ1) is 10.8. The van der Waals surface area contributed by atoms with E-state index in [4.69, 9.17) is 0 Å². The van der Waals surface area contributed by atoms with Crippen LogP contribution in [-0.2, 0) is 0 Å². The minimum absolute atomic E-state index is 0.561. The molecule has 0 heteroatoms. The van der Waals surface area contributed by atoms with Gasteiger partial charge in [0.25, 0.3) is 0 Å². The van der Waals surface area contributed by atoms with Crippen LogP contribution in [0.5, 0.6) is 0 Å². The third kappa shape index (κ3) is 2.36. The number of hydrogen-bond acceptors (Lipinski definition) is 0. The van der Waals surface area contributed by atoms with Gasteiger partial charge in [0.15, 0.2) is 0 Å². The van der Waals surface area contributed by atoms with Crippen molar-refractivity contribution in [3.8, 4) is 0 Å². The van der Waals surface area contributed by atoms with Crippen LogP contribution in [0.2, 0.25) is 0 Å². The van der Waals surface area contributed by atoms with Crippen molar-refractivity contribution in [1.82, 2.24) is 0 Å². The zero-order chi connectivity index (χ0) is 10.1. The van der Waals surface area contributed by atoms with E-state index >= 15 is 0 Å². The third-order valence-corrected chi connectivity index (χ3v) is 4.08. The van der Waals surface area contributed by atoms with E-state index in [0.29, 0.717) is 5.41 Å². The molecule has 1 aliphatic carbocycles. The first-order valence-corrected chi connectivity index (χ1v) is 5.58. The smallest absolute Gasteiger partial charge is 0.0297 e. The van der Waals surface area contributed by atoms with Crippen LogP contribution in [0, 0.1) is 17.3 Å². The first-order valence-electron chi connectivity index (χ1n) is 5.58. The highest BCUT2D eigenvalue weighted by atomic mass is 14.4. The van der Waals surface area contributed by atoms with Gasteiger partial charge in [-0.15, -0.1) is 0 Å². The first-order chi connectivity index (χ1) is 5.94. The van der Waals surface area contributed by atoms with E-state index in [-0.39, 0.29) is 0 Å². The molecule has 0 aromatic rings. The van der Waals surface area contributed by atoms with Crippen molar-refractivity contribution in [2.75, 3.05) is 0 Å². The maximum Gasteiger partial charge on any atom is -0.0297 e. The Morgan fingerprint density at radius 2 is 1.92 bits per heavy atom. The second kappa shape index (κ2) is 3.86. The van der Waals surface area contributed by atoms with Crippen molar-refractivity contribution >= 4 is 0 Å². The quantitative estimate of drug-likeness (QED) is 0.552. The largest absolute Gasteiger partial charge is 0.0856 e. The average molecular weight is 180 g/mol. The summed E-state index contributed by atoms with van der Waals surface area (Å²) in [7, 11) is 0. The van der Waals surface area contributed by atoms with Gasteiger partial charge in [0.1, 0.15) is 0 Å². The summed E-state index contributed by atoms with van der Waals surface area (Å²) in [6, 6.07) is 0. The summed E-state index contributed by atoms with van der Waals surface area (Å²) in [6.07, 6.45) is 6.55. The monoisotopic (exact) mass is 180 g/mol. The topological polar surface area (TPSA) is 0 Å². The Morgan fingerprint density at radius 1 is 1.31 bits per heavy atom. The van der Waals surface area contributed by atoms with Gasteiger partial charge >= 0.3 is 0 Å². The lowest BCUT2D eigenvalue weighted by atomic mass is 9.75. The Hall–Kier alpha value is -0.260. The molecule has 0 amide bonds. The van der Waals surface area contributed by atoms with Crippen LogP contribution in [0.25, 0.3) is 0 Å². The van der Waals surface area contributed by atoms with Crippen LogP contribution in [0.4, 0.5) is 0 Å². The molecule has 0 N–H and O–H groups in total. The summed E-state index contributed by atoms with van der Waals surface area (Å²) >= 11 is 0. The van der Waals surface area contributed by atoms with Crippen molar-refractivity contribution in [3.63, 3.8) is 0 Å². The van der Waals surface area contributed by atoms with Crippen LogP contribution < -0.4 is 0 Å². The molecule has 0 nitrogen and oxygen atoms in total. The normalized spacial score (nSPS) is 31.8. The maximum absolute atomic E-state index is 2.44. The van der Waals surface area contributed by atoms with Crippen LogP contribution in [0.1, 0.15) is 53.9 Å². The van der Waals surface area contributed by atoms with Gasteiger partial charge < -0.3 is 0 Å². The predicted molar refractivity (Wildman–Crippen MR) is 59.7 cm³/mol. The molecule has 0 aromatic heterocycles. The van der Waals surface area contributed by atoms with Gasteiger partial charge in [-0.3, -0.25) is 0 Å². The molecule has 2 atom stereocenters. The van der Waals surface area contributed by atoms with Crippen molar-refractivity contribution < 1.29 is 0 Å². The van der Waals surface area contributed by atoms with Crippen LogP contribution in [-0.4, -0.2) is 0 Å². The molecule has 0 aromatic carbocycles. The highest BCUT2D eigenvalue weighted by molar-refractivity contribution is 4.99. The molecule has 1 rings (SSSR count). The molecule has 0 radical (unpaired) electrons. The second-order valence-corrected chi connectivity index (χ2v) is 5.51. The van der Waals surface area contributed by atoms with Crippen molar-refractivity contribution in [2.24, 2.45) is 17.3 Å². The van der Waals surface area contributed by atoms with Gasteiger partial charge in [0.2, 0.25) is 0 Å². The summed E-state index contributed by atoms with van der Waals surface area (Å²) < 4.78 is 0. The third-order valence-electron chi connectivity index (χ3n) is 4.08. The molecule has 1 fully saturated rings. The number of hydrogen-bond donors (Lipinski definition) is 0. The Kier molecular flexibility index (Phi) is 3.21. The molecule has 0 saturated heterocycles. The van der Waals surface area contributed by atoms with Crippen LogP contribution in [0.3, 0.4) is 0 Å². The molecule has 0 spiro atoms. The van der Waals surface area contributed by atoms with Gasteiger partial charge in [-0.2, -0.15) is 0 Å². The lowest BCUT2D eigenvalue weighted by Crippen LogP contribution is -2.22. The van der Waals surface area contributed by atoms with Crippen LogP contribution >= 0.6 is 0 Å². The number of rotatable bonds is 2. The Labute approximate surface area is 83.4 Å². The molecule has 2 unspecified atom stereocenters. The summed E-state index contributed by atoms with van der Waals surface area (Å²) in [6.45, 7) is 11.7. The minimum atomic E-state index is 0.561. The van der Waals surface area contributed by atoms with Gasteiger partial charge in [0, 0.05) is 0 Å². The SMILES string of the molecule is CC(C)=CCC1CCC(C)C1(C)C. The second-order valence-electron chi connectivity index (χ2n) is 5.51. The van der Waals surface area contributed by atoms with Crippen LogP contribution in [0.15, 0.2) is 11.6 Å². The molecule has 0 aliphatic heterocycles. The average Bonchev–Trinajstić information content (AvgIpc) is 2.25. The summed E-state index contributed by atoms with van der Waals surface area (Å²) in [4.78, 5) is 0. The molecular formula is C13H24. The summed E-state index contributed by atoms with van der Waals surface area (Å²) in [5.41, 5.74) is 2.03. The highest BCUT2D eigenvalue weighted by Gasteiger charge is 2.39. The molecule has 0 bridgehead atoms. The molecule has 1 aliphatic rings. The lowest BCUT2D eigenvalue weighted by molar-refractivity contribution is 0.199. The summed E-state index contributed by atoms with van der Waals surface area (Å²) in [5.74, 6) is 1.82. The van der Waals surface area contributed by atoms with Gasteiger partial charge in [-0.1, -0.05) is 32.4 Å². The van der Waals surface area contributed by atoms with E-state index in [1.807, 2.05) is 0 Å². The van der Waals surface area contributed by atoms with E-state index in [1.54, 1.807) is 0 Å². The molecule has 1 saturated carbocycles. The predicted octanol–water partition coefficient (Wildman–Crippen LogP) is 4.42. The molecular weight excluding hydrogens is 156 g/mol. The molecule has 13 heavy (non-hydrogen) atoms. The zero-order valence-electron chi connectivity index (χ0n) is 9.85.